The number of carboxylic acids is 1. The van der Waals surface area contributed by atoms with Crippen LogP contribution in [-0.4, -0.2) is 16.9 Å². The molecule has 0 amide bonds. The number of rotatable bonds is 2. The first-order valence-corrected chi connectivity index (χ1v) is 5.48. The van der Waals surface area contributed by atoms with Crippen molar-refractivity contribution in [3.63, 3.8) is 0 Å². The smallest absolute Gasteiger partial charge is 0.307 e. The largest absolute Gasteiger partial charge is 0.481 e. The first kappa shape index (κ1) is 10.9. The Morgan fingerprint density at radius 2 is 1.94 bits per heavy atom. The highest BCUT2D eigenvalue weighted by Gasteiger charge is 2.34. The standard InChI is InChI=1S/C13H14O3/c14-10-6-7-11(13(15)16)12(8-10)9-4-2-1-3-5-9/h1-5,11-12H,6-8H2,(H,15,16)/t11-,12+/m1/s1. The number of ketones is 1. The maximum Gasteiger partial charge on any atom is 0.307 e. The molecule has 0 spiro atoms. The zero-order valence-electron chi connectivity index (χ0n) is 8.93. The van der Waals surface area contributed by atoms with Gasteiger partial charge < -0.3 is 5.11 Å². The van der Waals surface area contributed by atoms with Gasteiger partial charge in [-0.2, -0.15) is 0 Å². The lowest BCUT2D eigenvalue weighted by Crippen LogP contribution is -2.29. The molecule has 1 N–H and O–H groups in total. The summed E-state index contributed by atoms with van der Waals surface area (Å²) in [4.78, 5) is 22.6. The molecule has 1 aromatic carbocycles. The molecule has 0 aliphatic heterocycles. The fraction of sp³-hybridized carbons (Fsp3) is 0.385. The summed E-state index contributed by atoms with van der Waals surface area (Å²) in [5.74, 6) is -1.19. The number of carbonyl (C=O) groups excluding carboxylic acids is 1. The highest BCUT2D eigenvalue weighted by atomic mass is 16.4. The number of carbonyl (C=O) groups is 2. The van der Waals surface area contributed by atoms with E-state index in [0.29, 0.717) is 19.3 Å². The van der Waals surface area contributed by atoms with Crippen LogP contribution in [-0.2, 0) is 9.59 Å². The van der Waals surface area contributed by atoms with Crippen LogP contribution in [0.2, 0.25) is 0 Å². The van der Waals surface area contributed by atoms with Crippen molar-refractivity contribution >= 4 is 11.8 Å². The quantitative estimate of drug-likeness (QED) is 0.828. The summed E-state index contributed by atoms with van der Waals surface area (Å²) in [5, 5.41) is 9.14. The molecule has 1 fully saturated rings. The summed E-state index contributed by atoms with van der Waals surface area (Å²) in [6.45, 7) is 0. The molecule has 0 unspecified atom stereocenters. The minimum absolute atomic E-state index is 0.153. The van der Waals surface area contributed by atoms with Crippen molar-refractivity contribution in [1.82, 2.24) is 0 Å². The van der Waals surface area contributed by atoms with E-state index in [1.54, 1.807) is 0 Å². The number of hydrogen-bond donors (Lipinski definition) is 1. The van der Waals surface area contributed by atoms with Crippen LogP contribution in [0.5, 0.6) is 0 Å². The zero-order chi connectivity index (χ0) is 11.5. The second kappa shape index (κ2) is 4.47. The lowest BCUT2D eigenvalue weighted by molar-refractivity contribution is -0.144. The van der Waals surface area contributed by atoms with Crippen molar-refractivity contribution in [2.45, 2.75) is 25.2 Å². The lowest BCUT2D eigenvalue weighted by atomic mass is 9.75. The summed E-state index contributed by atoms with van der Waals surface area (Å²) in [7, 11) is 0. The van der Waals surface area contributed by atoms with Crippen LogP contribution >= 0.6 is 0 Å². The topological polar surface area (TPSA) is 54.4 Å². The molecule has 1 aliphatic carbocycles. The minimum atomic E-state index is -0.790. The van der Waals surface area contributed by atoms with E-state index in [-0.39, 0.29) is 11.7 Å². The number of hydrogen-bond acceptors (Lipinski definition) is 2. The normalized spacial score (nSPS) is 25.4. The third kappa shape index (κ3) is 2.13. The van der Waals surface area contributed by atoms with Crippen molar-refractivity contribution < 1.29 is 14.7 Å². The predicted octanol–water partition coefficient (Wildman–Crippen LogP) is 2.22. The molecule has 0 radical (unpaired) electrons. The predicted molar refractivity (Wildman–Crippen MR) is 59.2 cm³/mol. The van der Waals surface area contributed by atoms with Crippen LogP contribution in [0.1, 0.15) is 30.7 Å². The Labute approximate surface area is 94.1 Å². The Kier molecular flexibility index (Phi) is 3.04. The molecule has 3 nitrogen and oxygen atoms in total. The molecule has 1 aromatic rings. The molecule has 2 rings (SSSR count). The molecule has 16 heavy (non-hydrogen) atoms. The minimum Gasteiger partial charge on any atom is -0.481 e. The maximum absolute atomic E-state index is 11.4. The average molecular weight is 218 g/mol. The Hall–Kier alpha value is -1.64. The zero-order valence-corrected chi connectivity index (χ0v) is 8.93. The Morgan fingerprint density at radius 3 is 2.56 bits per heavy atom. The van der Waals surface area contributed by atoms with Crippen LogP contribution in [0.25, 0.3) is 0 Å². The van der Waals surface area contributed by atoms with Gasteiger partial charge in [-0.3, -0.25) is 9.59 Å². The molecule has 0 bridgehead atoms. The van der Waals surface area contributed by atoms with E-state index >= 15 is 0 Å². The van der Waals surface area contributed by atoms with Crippen LogP contribution in [0, 0.1) is 5.92 Å². The number of aliphatic carboxylic acids is 1. The monoisotopic (exact) mass is 218 g/mol. The third-order valence-corrected chi connectivity index (χ3v) is 3.21. The lowest BCUT2D eigenvalue weighted by Gasteiger charge is -2.27. The van der Waals surface area contributed by atoms with Gasteiger partial charge in [0.05, 0.1) is 5.92 Å². The summed E-state index contributed by atoms with van der Waals surface area (Å²) >= 11 is 0. The molecule has 2 atom stereocenters. The molecule has 3 heteroatoms. The summed E-state index contributed by atoms with van der Waals surface area (Å²) < 4.78 is 0. The highest BCUT2D eigenvalue weighted by Crippen LogP contribution is 2.36. The van der Waals surface area contributed by atoms with Crippen LogP contribution in [0.3, 0.4) is 0 Å². The molecular formula is C13H14O3. The van der Waals surface area contributed by atoms with Crippen LogP contribution < -0.4 is 0 Å². The van der Waals surface area contributed by atoms with E-state index in [9.17, 15) is 9.59 Å². The second-order valence-electron chi connectivity index (χ2n) is 4.24. The van der Waals surface area contributed by atoms with Gasteiger partial charge in [-0.1, -0.05) is 30.3 Å². The molecular weight excluding hydrogens is 204 g/mol. The van der Waals surface area contributed by atoms with Gasteiger partial charge in [-0.15, -0.1) is 0 Å². The van der Waals surface area contributed by atoms with Gasteiger partial charge in [0.1, 0.15) is 5.78 Å². The first-order valence-electron chi connectivity index (χ1n) is 5.48. The molecule has 1 saturated carbocycles. The summed E-state index contributed by atoms with van der Waals surface area (Å²) in [5.41, 5.74) is 0.961. The second-order valence-corrected chi connectivity index (χ2v) is 4.24. The first-order chi connectivity index (χ1) is 7.68. The van der Waals surface area contributed by atoms with Crippen LogP contribution in [0.15, 0.2) is 30.3 Å². The van der Waals surface area contributed by atoms with Crippen molar-refractivity contribution in [1.29, 1.82) is 0 Å². The van der Waals surface area contributed by atoms with Crippen molar-refractivity contribution in [3.05, 3.63) is 35.9 Å². The van der Waals surface area contributed by atoms with Crippen molar-refractivity contribution in [2.75, 3.05) is 0 Å². The maximum atomic E-state index is 11.4. The van der Waals surface area contributed by atoms with E-state index in [4.69, 9.17) is 5.11 Å². The molecule has 0 heterocycles. The van der Waals surface area contributed by atoms with Gasteiger partial charge in [-0.25, -0.2) is 0 Å². The van der Waals surface area contributed by atoms with Gasteiger partial charge in [0.25, 0.3) is 0 Å². The fourth-order valence-electron chi connectivity index (χ4n) is 2.35. The van der Waals surface area contributed by atoms with Gasteiger partial charge in [0.15, 0.2) is 0 Å². The Balaban J connectivity index is 2.27. The number of carboxylic acid groups (broad SMARTS) is 1. The average Bonchev–Trinajstić information content (AvgIpc) is 2.29. The molecule has 1 aliphatic rings. The summed E-state index contributed by atoms with van der Waals surface area (Å²) in [6, 6.07) is 9.46. The SMILES string of the molecule is O=C1CC[C@@H](C(=O)O)[C@H](c2ccccc2)C1. The van der Waals surface area contributed by atoms with Crippen molar-refractivity contribution in [3.8, 4) is 0 Å². The van der Waals surface area contributed by atoms with Gasteiger partial charge in [0.2, 0.25) is 0 Å². The van der Waals surface area contributed by atoms with Gasteiger partial charge in [-0.05, 0) is 12.0 Å². The third-order valence-electron chi connectivity index (χ3n) is 3.21. The number of Topliss-reactive ketones (excluding diaryl/α,β-unsaturated/α-hetero) is 1. The Bertz CT molecular complexity index is 397. The van der Waals surface area contributed by atoms with Crippen molar-refractivity contribution in [2.24, 2.45) is 5.92 Å². The van der Waals surface area contributed by atoms with E-state index in [2.05, 4.69) is 0 Å². The molecule has 84 valence electrons. The van der Waals surface area contributed by atoms with Gasteiger partial charge >= 0.3 is 5.97 Å². The van der Waals surface area contributed by atoms with Gasteiger partial charge in [0, 0.05) is 18.8 Å². The number of benzene rings is 1. The van der Waals surface area contributed by atoms with E-state index in [1.165, 1.54) is 0 Å². The Morgan fingerprint density at radius 1 is 1.25 bits per heavy atom. The fourth-order valence-corrected chi connectivity index (χ4v) is 2.35. The molecule has 0 saturated heterocycles. The summed E-state index contributed by atoms with van der Waals surface area (Å²) in [6.07, 6.45) is 1.23. The van der Waals surface area contributed by atoms with E-state index < -0.39 is 11.9 Å². The van der Waals surface area contributed by atoms with Crippen LogP contribution in [0.4, 0.5) is 0 Å². The van der Waals surface area contributed by atoms with E-state index in [1.807, 2.05) is 30.3 Å². The highest BCUT2D eigenvalue weighted by molar-refractivity contribution is 5.83. The molecule has 0 aromatic heterocycles. The van der Waals surface area contributed by atoms with E-state index in [0.717, 1.165) is 5.56 Å².